The highest BCUT2D eigenvalue weighted by atomic mass is 32.2. The number of hydrogen-bond donors (Lipinski definition) is 2. The van der Waals surface area contributed by atoms with Crippen molar-refractivity contribution in [2.24, 2.45) is 0 Å². The molecule has 2 N–H and O–H groups in total. The van der Waals surface area contributed by atoms with Crippen molar-refractivity contribution in [3.63, 3.8) is 0 Å². The first-order chi connectivity index (χ1) is 10.6. The smallest absolute Gasteiger partial charge is 0.263 e. The van der Waals surface area contributed by atoms with Gasteiger partial charge in [-0.3, -0.25) is 4.72 Å². The monoisotopic (exact) mass is 318 g/mol. The summed E-state index contributed by atoms with van der Waals surface area (Å²) >= 11 is 0. The van der Waals surface area contributed by atoms with Gasteiger partial charge >= 0.3 is 0 Å². The molecule has 1 saturated carbocycles. The van der Waals surface area contributed by atoms with Gasteiger partial charge in [0.05, 0.1) is 4.90 Å². The second-order valence-corrected chi connectivity index (χ2v) is 7.01. The van der Waals surface area contributed by atoms with E-state index in [1.54, 1.807) is 24.3 Å². The SMILES string of the molecule is CCc1ccc(S(=O)(=O)Nc2ccc(NC3CC3)nn2)cc1. The highest BCUT2D eigenvalue weighted by molar-refractivity contribution is 7.92. The zero-order valence-electron chi connectivity index (χ0n) is 12.3. The van der Waals surface area contributed by atoms with E-state index < -0.39 is 10.0 Å². The molecule has 0 aliphatic heterocycles. The van der Waals surface area contributed by atoms with Gasteiger partial charge in [-0.25, -0.2) is 8.42 Å². The second kappa shape index (κ2) is 5.92. The molecule has 1 aromatic heterocycles. The number of nitrogens with one attached hydrogen (secondary N) is 2. The number of benzene rings is 1. The molecule has 1 fully saturated rings. The maximum atomic E-state index is 12.3. The van der Waals surface area contributed by atoms with E-state index >= 15 is 0 Å². The van der Waals surface area contributed by atoms with Gasteiger partial charge in [0.2, 0.25) is 0 Å². The number of nitrogens with zero attached hydrogens (tertiary/aromatic N) is 2. The third-order valence-corrected chi connectivity index (χ3v) is 4.85. The zero-order chi connectivity index (χ0) is 15.6. The van der Waals surface area contributed by atoms with Gasteiger partial charge in [0, 0.05) is 6.04 Å². The maximum Gasteiger partial charge on any atom is 0.263 e. The highest BCUT2D eigenvalue weighted by Crippen LogP contribution is 2.23. The number of hydrogen-bond acceptors (Lipinski definition) is 5. The topological polar surface area (TPSA) is 84.0 Å². The zero-order valence-corrected chi connectivity index (χ0v) is 13.1. The minimum atomic E-state index is -3.63. The van der Waals surface area contributed by atoms with Crippen molar-refractivity contribution in [2.75, 3.05) is 10.0 Å². The van der Waals surface area contributed by atoms with Crippen molar-refractivity contribution < 1.29 is 8.42 Å². The molecule has 1 aliphatic carbocycles. The van der Waals surface area contributed by atoms with Crippen molar-refractivity contribution >= 4 is 21.7 Å². The van der Waals surface area contributed by atoms with Gasteiger partial charge in [0.15, 0.2) is 5.82 Å². The molecule has 7 heteroatoms. The fraction of sp³-hybridized carbons (Fsp3) is 0.333. The molecule has 0 saturated heterocycles. The van der Waals surface area contributed by atoms with Crippen LogP contribution in [0.4, 0.5) is 11.6 Å². The standard InChI is InChI=1S/C15H18N4O2S/c1-2-11-3-7-13(8-4-11)22(20,21)19-15-10-9-14(17-18-15)16-12-5-6-12/h3-4,7-10,12H,2,5-6H2,1H3,(H,16,17)(H,18,19). The van der Waals surface area contributed by atoms with Crippen LogP contribution in [-0.4, -0.2) is 24.7 Å². The minimum absolute atomic E-state index is 0.209. The van der Waals surface area contributed by atoms with E-state index in [0.717, 1.165) is 24.8 Å². The molecule has 3 rings (SSSR count). The molecule has 22 heavy (non-hydrogen) atoms. The highest BCUT2D eigenvalue weighted by Gasteiger charge is 2.21. The predicted molar refractivity (Wildman–Crippen MR) is 85.3 cm³/mol. The number of anilines is 2. The predicted octanol–water partition coefficient (Wildman–Crippen LogP) is 2.41. The van der Waals surface area contributed by atoms with Crippen LogP contribution in [0.1, 0.15) is 25.3 Å². The molecule has 1 aliphatic rings. The fourth-order valence-corrected chi connectivity index (χ4v) is 3.00. The maximum absolute atomic E-state index is 12.3. The Hall–Kier alpha value is -2.15. The molecular formula is C15H18N4O2S. The first-order valence-electron chi connectivity index (χ1n) is 7.29. The molecule has 6 nitrogen and oxygen atoms in total. The Bertz CT molecular complexity index is 738. The van der Waals surface area contributed by atoms with Gasteiger partial charge < -0.3 is 5.32 Å². The lowest BCUT2D eigenvalue weighted by molar-refractivity contribution is 0.601. The summed E-state index contributed by atoms with van der Waals surface area (Å²) in [7, 11) is -3.63. The van der Waals surface area contributed by atoms with Crippen LogP contribution >= 0.6 is 0 Å². The van der Waals surface area contributed by atoms with Gasteiger partial charge in [0.1, 0.15) is 5.82 Å². The molecule has 1 heterocycles. The Labute approximate surface area is 130 Å². The summed E-state index contributed by atoms with van der Waals surface area (Å²) in [5.41, 5.74) is 1.09. The van der Waals surface area contributed by atoms with Crippen molar-refractivity contribution in [1.82, 2.24) is 10.2 Å². The van der Waals surface area contributed by atoms with Gasteiger partial charge in [0.25, 0.3) is 10.0 Å². The Morgan fingerprint density at radius 3 is 2.23 bits per heavy atom. The Kier molecular flexibility index (Phi) is 3.98. The number of aromatic nitrogens is 2. The molecule has 1 aromatic carbocycles. The Morgan fingerprint density at radius 1 is 1.05 bits per heavy atom. The molecule has 0 amide bonds. The van der Waals surface area contributed by atoms with Crippen molar-refractivity contribution in [3.05, 3.63) is 42.0 Å². The van der Waals surface area contributed by atoms with E-state index in [-0.39, 0.29) is 10.7 Å². The average molecular weight is 318 g/mol. The van der Waals surface area contributed by atoms with Crippen molar-refractivity contribution in [2.45, 2.75) is 37.1 Å². The van der Waals surface area contributed by atoms with Gasteiger partial charge in [-0.05, 0) is 49.1 Å². The fourth-order valence-electron chi connectivity index (χ4n) is 2.00. The molecule has 0 atom stereocenters. The van der Waals surface area contributed by atoms with Crippen LogP contribution in [-0.2, 0) is 16.4 Å². The lowest BCUT2D eigenvalue weighted by atomic mass is 10.2. The summed E-state index contributed by atoms with van der Waals surface area (Å²) in [5, 5.41) is 11.1. The van der Waals surface area contributed by atoms with E-state index in [9.17, 15) is 8.42 Å². The summed E-state index contributed by atoms with van der Waals surface area (Å²) in [4.78, 5) is 0.215. The average Bonchev–Trinajstić information content (AvgIpc) is 3.33. The molecule has 0 radical (unpaired) electrons. The number of aryl methyl sites for hydroxylation is 1. The summed E-state index contributed by atoms with van der Waals surface area (Å²) in [5.74, 6) is 0.874. The van der Waals surface area contributed by atoms with Crippen LogP contribution in [0.2, 0.25) is 0 Å². The van der Waals surface area contributed by atoms with Gasteiger partial charge in [-0.1, -0.05) is 19.1 Å². The van der Waals surface area contributed by atoms with E-state index in [1.807, 2.05) is 19.1 Å². The second-order valence-electron chi connectivity index (χ2n) is 5.33. The van der Waals surface area contributed by atoms with Crippen molar-refractivity contribution in [1.29, 1.82) is 0 Å². The quantitative estimate of drug-likeness (QED) is 0.854. The molecule has 2 aromatic rings. The third kappa shape index (κ3) is 3.54. The first kappa shape index (κ1) is 14.8. The summed E-state index contributed by atoms with van der Waals surface area (Å²) < 4.78 is 27.0. The van der Waals surface area contributed by atoms with Gasteiger partial charge in [-0.15, -0.1) is 10.2 Å². The van der Waals surface area contributed by atoms with Gasteiger partial charge in [-0.2, -0.15) is 0 Å². The van der Waals surface area contributed by atoms with Crippen molar-refractivity contribution in [3.8, 4) is 0 Å². The minimum Gasteiger partial charge on any atom is -0.366 e. The number of sulfonamides is 1. The normalized spacial score (nSPS) is 14.6. The van der Waals surface area contributed by atoms with E-state index in [2.05, 4.69) is 20.2 Å². The summed E-state index contributed by atoms with van der Waals surface area (Å²) in [6.45, 7) is 2.02. The summed E-state index contributed by atoms with van der Waals surface area (Å²) in [6.07, 6.45) is 3.16. The van der Waals surface area contributed by atoms with E-state index in [0.29, 0.717) is 11.9 Å². The van der Waals surface area contributed by atoms with Crippen LogP contribution in [0.5, 0.6) is 0 Å². The Balaban J connectivity index is 1.72. The van der Waals surface area contributed by atoms with Crippen LogP contribution in [0.15, 0.2) is 41.3 Å². The largest absolute Gasteiger partial charge is 0.366 e. The van der Waals surface area contributed by atoms with Crippen LogP contribution in [0, 0.1) is 0 Å². The summed E-state index contributed by atoms with van der Waals surface area (Å²) in [6, 6.07) is 10.6. The van der Waals surface area contributed by atoms with Crippen LogP contribution in [0.25, 0.3) is 0 Å². The molecular weight excluding hydrogens is 300 g/mol. The molecule has 116 valence electrons. The first-order valence-corrected chi connectivity index (χ1v) is 8.77. The number of rotatable bonds is 6. The van der Waals surface area contributed by atoms with E-state index in [1.165, 1.54) is 0 Å². The third-order valence-electron chi connectivity index (χ3n) is 3.47. The van der Waals surface area contributed by atoms with Crippen LogP contribution < -0.4 is 10.0 Å². The molecule has 0 unspecified atom stereocenters. The molecule has 0 spiro atoms. The lowest BCUT2D eigenvalue weighted by Crippen LogP contribution is -2.14. The Morgan fingerprint density at radius 2 is 1.68 bits per heavy atom. The molecule has 0 bridgehead atoms. The van der Waals surface area contributed by atoms with E-state index in [4.69, 9.17) is 0 Å². The van der Waals surface area contributed by atoms with Crippen LogP contribution in [0.3, 0.4) is 0 Å². The lowest BCUT2D eigenvalue weighted by Gasteiger charge is -2.08.